The van der Waals surface area contributed by atoms with Gasteiger partial charge in [0.25, 0.3) is 0 Å². The number of anilines is 3. The first-order chi connectivity index (χ1) is 41.6. The van der Waals surface area contributed by atoms with E-state index in [1.165, 1.54) is 152 Å². The van der Waals surface area contributed by atoms with Crippen molar-refractivity contribution in [3.05, 3.63) is 292 Å². The number of para-hydroxylation sites is 2. The van der Waals surface area contributed by atoms with Crippen molar-refractivity contribution in [3.8, 4) is 44.9 Å². The van der Waals surface area contributed by atoms with Crippen LogP contribution in [0.4, 0.5) is 17.1 Å². The fourth-order valence-electron chi connectivity index (χ4n) is 16.8. The topological polar surface area (TPSA) is 25.6 Å². The summed E-state index contributed by atoms with van der Waals surface area (Å²) in [6.07, 6.45) is 12.7. The van der Waals surface area contributed by atoms with E-state index in [4.69, 9.17) is 9.15 Å². The third-order valence-corrected chi connectivity index (χ3v) is 21.6. The lowest BCUT2D eigenvalue weighted by molar-refractivity contribution is 0.424. The predicted molar refractivity (Wildman–Crippen MR) is 344 cm³/mol. The van der Waals surface area contributed by atoms with Crippen molar-refractivity contribution < 1.29 is 9.15 Å². The molecule has 4 aliphatic carbocycles. The van der Waals surface area contributed by atoms with Crippen molar-refractivity contribution in [2.75, 3.05) is 4.90 Å². The average molecular weight is 1100 g/mol. The molecule has 4 heteroatoms. The average Bonchev–Trinajstić information content (AvgIpc) is 2.55. The van der Waals surface area contributed by atoms with Gasteiger partial charge in [0.05, 0.1) is 16.5 Å². The Morgan fingerprint density at radius 2 is 0.810 bits per heavy atom. The van der Waals surface area contributed by atoms with Crippen LogP contribution in [-0.4, -0.2) is 0 Å². The van der Waals surface area contributed by atoms with Gasteiger partial charge in [-0.15, -0.1) is 0 Å². The summed E-state index contributed by atoms with van der Waals surface area (Å²) >= 11 is 1.90. The molecule has 0 N–H and O–H groups in total. The van der Waals surface area contributed by atoms with E-state index in [0.29, 0.717) is 11.8 Å². The number of ether oxygens (including phenoxy) is 1. The van der Waals surface area contributed by atoms with Crippen molar-refractivity contribution in [2.24, 2.45) is 0 Å². The lowest BCUT2D eigenvalue weighted by atomic mass is 9.64. The lowest BCUT2D eigenvalue weighted by Crippen LogP contribution is -2.33. The highest BCUT2D eigenvalue weighted by molar-refractivity contribution is 7.99. The van der Waals surface area contributed by atoms with Crippen molar-refractivity contribution in [1.29, 1.82) is 0 Å². The maximum Gasteiger partial charge on any atom is 0.136 e. The summed E-state index contributed by atoms with van der Waals surface area (Å²) in [7, 11) is 0. The molecular weight excluding hydrogens is 1040 g/mol. The zero-order chi connectivity index (χ0) is 55.1. The predicted octanol–water partition coefficient (Wildman–Crippen LogP) is 22.1. The summed E-state index contributed by atoms with van der Waals surface area (Å²) in [6, 6.07) is 90.5. The third-order valence-electron chi connectivity index (χ3n) is 20.4. The Balaban J connectivity index is 0.931. The summed E-state index contributed by atoms with van der Waals surface area (Å²) in [4.78, 5) is 5.19. The van der Waals surface area contributed by atoms with Gasteiger partial charge >= 0.3 is 0 Å². The van der Waals surface area contributed by atoms with Crippen LogP contribution in [0.1, 0.15) is 132 Å². The fraction of sp³-hybridized carbons (Fsp3) is 0.175. The second-order valence-corrected chi connectivity index (χ2v) is 25.6. The molecule has 18 rings (SSSR count). The van der Waals surface area contributed by atoms with E-state index >= 15 is 0 Å². The Morgan fingerprint density at radius 3 is 1.40 bits per heavy atom. The Kier molecular flexibility index (Phi) is 10.9. The van der Waals surface area contributed by atoms with E-state index in [2.05, 4.69) is 241 Å². The molecule has 2 saturated carbocycles. The maximum absolute atomic E-state index is 7.27. The normalized spacial score (nSPS) is 16.7. The van der Waals surface area contributed by atoms with E-state index in [9.17, 15) is 0 Å². The van der Waals surface area contributed by atoms with Crippen LogP contribution in [0.25, 0.3) is 55.3 Å². The van der Waals surface area contributed by atoms with E-state index < -0.39 is 10.8 Å². The molecule has 0 bridgehead atoms. The number of hydrogen-bond donors (Lipinski definition) is 0. The minimum absolute atomic E-state index is 0.526. The Hall–Kier alpha value is -8.83. The van der Waals surface area contributed by atoms with Gasteiger partial charge in [-0.05, 0) is 177 Å². The highest BCUT2D eigenvalue weighted by Gasteiger charge is 2.53. The molecule has 0 saturated heterocycles. The minimum atomic E-state index is -0.663. The van der Waals surface area contributed by atoms with Crippen molar-refractivity contribution >= 4 is 50.8 Å². The van der Waals surface area contributed by atoms with Gasteiger partial charge in [0, 0.05) is 48.6 Å². The monoisotopic (exact) mass is 1100 g/mol. The molecule has 1 aromatic heterocycles. The first kappa shape index (κ1) is 48.7. The van der Waals surface area contributed by atoms with E-state index in [1.54, 1.807) is 0 Å². The molecule has 3 nitrogen and oxygen atoms in total. The molecule has 6 aliphatic rings. The van der Waals surface area contributed by atoms with Crippen molar-refractivity contribution in [2.45, 2.75) is 96.7 Å². The minimum Gasteiger partial charge on any atom is -0.457 e. The van der Waals surface area contributed by atoms with Gasteiger partial charge in [-0.2, -0.15) is 0 Å². The molecule has 3 heterocycles. The fourth-order valence-corrected chi connectivity index (χ4v) is 18.0. The molecule has 0 amide bonds. The first-order valence-corrected chi connectivity index (χ1v) is 31.6. The van der Waals surface area contributed by atoms with Crippen LogP contribution >= 0.6 is 11.8 Å². The zero-order valence-electron chi connectivity index (χ0n) is 46.9. The van der Waals surface area contributed by atoms with Gasteiger partial charge in [-0.25, -0.2) is 0 Å². The van der Waals surface area contributed by atoms with Crippen LogP contribution in [-0.2, 0) is 10.8 Å². The van der Waals surface area contributed by atoms with Crippen LogP contribution in [0.2, 0.25) is 0 Å². The molecule has 0 unspecified atom stereocenters. The second-order valence-electron chi connectivity index (χ2n) is 24.6. The molecule has 84 heavy (non-hydrogen) atoms. The summed E-state index contributed by atoms with van der Waals surface area (Å²) in [5, 5.41) is 2.24. The van der Waals surface area contributed by atoms with Crippen molar-refractivity contribution in [1.82, 2.24) is 0 Å². The molecule has 2 fully saturated rings. The van der Waals surface area contributed by atoms with Crippen LogP contribution in [0.15, 0.2) is 251 Å². The van der Waals surface area contributed by atoms with E-state index in [-0.39, 0.29) is 0 Å². The summed E-state index contributed by atoms with van der Waals surface area (Å²) in [6.45, 7) is 0. The number of rotatable bonds is 6. The van der Waals surface area contributed by atoms with E-state index in [0.717, 1.165) is 61.6 Å². The van der Waals surface area contributed by atoms with Gasteiger partial charge in [0.2, 0.25) is 0 Å². The number of benzene rings is 11. The Morgan fingerprint density at radius 1 is 0.345 bits per heavy atom. The number of furan rings is 1. The molecule has 12 aromatic rings. The highest BCUT2D eigenvalue weighted by atomic mass is 32.2. The van der Waals surface area contributed by atoms with Gasteiger partial charge in [-0.3, -0.25) is 0 Å². The molecule has 11 aromatic carbocycles. The first-order valence-electron chi connectivity index (χ1n) is 30.8. The molecule has 0 atom stereocenters. The molecule has 404 valence electrons. The molecular formula is C80H61NO2S. The smallest absolute Gasteiger partial charge is 0.136 e. The third kappa shape index (κ3) is 6.89. The van der Waals surface area contributed by atoms with Gasteiger partial charge in [-0.1, -0.05) is 220 Å². The van der Waals surface area contributed by atoms with Gasteiger partial charge in [0.15, 0.2) is 0 Å². The van der Waals surface area contributed by atoms with Gasteiger partial charge in [0.1, 0.15) is 22.7 Å². The highest BCUT2D eigenvalue weighted by Crippen LogP contribution is 2.66. The number of hydrogen-bond acceptors (Lipinski definition) is 4. The molecule has 0 radical (unpaired) electrons. The molecule has 2 spiro atoms. The van der Waals surface area contributed by atoms with E-state index in [1.807, 2.05) is 11.8 Å². The lowest BCUT2D eigenvalue weighted by Gasteiger charge is -2.41. The van der Waals surface area contributed by atoms with Gasteiger partial charge < -0.3 is 14.1 Å². The Bertz CT molecular complexity index is 4570. The van der Waals surface area contributed by atoms with Crippen molar-refractivity contribution in [3.63, 3.8) is 0 Å². The van der Waals surface area contributed by atoms with Crippen LogP contribution in [0.5, 0.6) is 11.5 Å². The Labute approximate surface area is 495 Å². The van der Waals surface area contributed by atoms with Crippen LogP contribution in [0, 0.1) is 0 Å². The maximum atomic E-state index is 7.27. The molecule has 2 aliphatic heterocycles. The summed E-state index contributed by atoms with van der Waals surface area (Å²) in [5.74, 6) is 2.97. The largest absolute Gasteiger partial charge is 0.457 e. The second kappa shape index (κ2) is 18.8. The SMILES string of the molecule is c1ccc2c(c1)Sc1ccccc1C21c2ccccc2-c2ccc(N(c3ccc4c(c3)C3(c5cc(C6CCCCC6)ccc5Oc5ccc(C6CCCCC6)cc53)c3ccccc3-4)c3ccccc3-c3cccc4oc5ccccc5c34)cc21. The number of fused-ring (bicyclic) bond motifs is 21. The van der Waals surface area contributed by atoms with Crippen LogP contribution in [0.3, 0.4) is 0 Å². The summed E-state index contributed by atoms with van der Waals surface area (Å²) in [5.41, 5.74) is 24.6. The number of nitrogens with zero attached hydrogens (tertiary/aromatic N) is 1. The van der Waals surface area contributed by atoms with Crippen LogP contribution < -0.4 is 9.64 Å². The standard InChI is InChI=1S/C80H61NO2S/c1-3-20-50(21-4-1)52-38-44-73-69(46-52)80(70-47-53(39-45-74(70)83-73)51-22-5-2-6-23-51)64-30-12-8-25-57(64)59-43-41-55(49-68(59)80)81(71-33-15-9-26-60(71)61-28-19-35-75-78(61)62-27-10-16-34-72(62)82-75)54-40-42-58-56-24-7-11-29-63(56)79(67(58)48-54)65-31-13-17-36-76(65)84-77-37-18-14-32-66(77)79/h7-19,24-51H,1-6,20-23H2. The zero-order valence-corrected chi connectivity index (χ0v) is 47.7. The summed E-state index contributed by atoms with van der Waals surface area (Å²) < 4.78 is 13.9. The quantitative estimate of drug-likeness (QED) is 0.166.